The fourth-order valence-electron chi connectivity index (χ4n) is 3.31. The lowest BCUT2D eigenvalue weighted by molar-refractivity contribution is -0.0676. The molecule has 2 heterocycles. The van der Waals surface area contributed by atoms with Crippen LogP contribution in [-0.4, -0.2) is 52.3 Å². The Kier molecular flexibility index (Phi) is 5.93. The van der Waals surface area contributed by atoms with Gasteiger partial charge in [0.25, 0.3) is 0 Å². The van der Waals surface area contributed by atoms with E-state index in [1.54, 1.807) is 12.1 Å². The van der Waals surface area contributed by atoms with E-state index in [4.69, 9.17) is 14.9 Å². The van der Waals surface area contributed by atoms with Crippen LogP contribution in [0.2, 0.25) is 0 Å². The first-order chi connectivity index (χ1) is 13.7. The molecule has 0 spiro atoms. The highest BCUT2D eigenvalue weighted by Gasteiger charge is 2.28. The van der Waals surface area contributed by atoms with Gasteiger partial charge >= 0.3 is 0 Å². The number of nitrogens with zero attached hydrogens (tertiary/aromatic N) is 2. The molecular weight excluding hydrogens is 373 g/mol. The predicted molar refractivity (Wildman–Crippen MR) is 112 cm³/mol. The summed E-state index contributed by atoms with van der Waals surface area (Å²) in [6.07, 6.45) is 3.07. The van der Waals surface area contributed by atoms with Crippen LogP contribution in [0.3, 0.4) is 0 Å². The molecule has 0 atom stereocenters. The molecule has 0 aliphatic carbocycles. The molecule has 1 fully saturated rings. The molecule has 8 heteroatoms. The lowest BCUT2D eigenvalue weighted by Gasteiger charge is -2.38. The van der Waals surface area contributed by atoms with Gasteiger partial charge in [-0.25, -0.2) is 4.39 Å². The Morgan fingerprint density at radius 3 is 2.90 bits per heavy atom. The van der Waals surface area contributed by atoms with Gasteiger partial charge in [-0.1, -0.05) is 6.58 Å². The Labute approximate surface area is 170 Å². The van der Waals surface area contributed by atoms with E-state index >= 15 is 0 Å². The molecule has 0 radical (unpaired) electrons. The van der Waals surface area contributed by atoms with Gasteiger partial charge in [-0.05, 0) is 40.0 Å². The van der Waals surface area contributed by atoms with Crippen LogP contribution in [0.1, 0.15) is 33.4 Å². The van der Waals surface area contributed by atoms with Crippen LogP contribution in [0.25, 0.3) is 16.6 Å². The Balaban J connectivity index is 1.98. The number of morpholine rings is 1. The fourth-order valence-corrected chi connectivity index (χ4v) is 3.31. The van der Waals surface area contributed by atoms with Gasteiger partial charge in [0, 0.05) is 30.6 Å². The molecule has 1 aliphatic heterocycles. The quantitative estimate of drug-likeness (QED) is 0.508. The van der Waals surface area contributed by atoms with E-state index in [0.29, 0.717) is 47.8 Å². The molecule has 1 aromatic heterocycles. The fraction of sp³-hybridized carbons (Fsp3) is 0.429. The zero-order valence-electron chi connectivity index (χ0n) is 17.3. The second-order valence-electron chi connectivity index (χ2n) is 7.89. The summed E-state index contributed by atoms with van der Waals surface area (Å²) in [6, 6.07) is 2.99. The molecular formula is C21H28FN5O2. The first-order valence-electron chi connectivity index (χ1n) is 9.61. The monoisotopic (exact) mass is 401 g/mol. The number of nitrogens with one attached hydrogen (secondary N) is 3. The van der Waals surface area contributed by atoms with E-state index in [0.717, 1.165) is 0 Å². The van der Waals surface area contributed by atoms with Crippen molar-refractivity contribution in [2.24, 2.45) is 0 Å². The maximum absolute atomic E-state index is 14.3. The highest BCUT2D eigenvalue weighted by molar-refractivity contribution is 6.00. The summed E-state index contributed by atoms with van der Waals surface area (Å²) in [7, 11) is 0. The third-order valence-corrected chi connectivity index (χ3v) is 4.54. The second kappa shape index (κ2) is 8.24. The van der Waals surface area contributed by atoms with Crippen LogP contribution in [-0.2, 0) is 4.74 Å². The number of benzene rings is 1. The number of aromatic nitrogens is 2. The smallest absolute Gasteiger partial charge is 0.167 e. The number of ether oxygens (including phenoxy) is 2. The van der Waals surface area contributed by atoms with Crippen molar-refractivity contribution in [3.05, 3.63) is 42.5 Å². The van der Waals surface area contributed by atoms with Gasteiger partial charge in [0.15, 0.2) is 11.6 Å². The minimum Gasteiger partial charge on any atom is -0.488 e. The molecule has 1 saturated heterocycles. The van der Waals surface area contributed by atoms with Crippen molar-refractivity contribution in [3.63, 3.8) is 0 Å². The third kappa shape index (κ3) is 4.76. The summed E-state index contributed by atoms with van der Waals surface area (Å²) in [5, 5.41) is 19.5. The van der Waals surface area contributed by atoms with E-state index in [1.807, 2.05) is 32.6 Å². The predicted octanol–water partition coefficient (Wildman–Crippen LogP) is 3.65. The molecule has 7 nitrogen and oxygen atoms in total. The minimum atomic E-state index is -0.452. The van der Waals surface area contributed by atoms with Crippen LogP contribution in [0, 0.1) is 11.2 Å². The van der Waals surface area contributed by atoms with Gasteiger partial charge in [-0.3, -0.25) is 10.5 Å². The highest BCUT2D eigenvalue weighted by Crippen LogP contribution is 2.29. The summed E-state index contributed by atoms with van der Waals surface area (Å²) in [6.45, 7) is 13.2. The number of halogens is 1. The Morgan fingerprint density at radius 1 is 1.48 bits per heavy atom. The highest BCUT2D eigenvalue weighted by atomic mass is 19.1. The van der Waals surface area contributed by atoms with Crippen molar-refractivity contribution in [2.75, 3.05) is 19.7 Å². The van der Waals surface area contributed by atoms with Gasteiger partial charge in [0.05, 0.1) is 29.5 Å². The number of amidine groups is 1. The van der Waals surface area contributed by atoms with Crippen molar-refractivity contribution in [1.29, 1.82) is 5.41 Å². The maximum atomic E-state index is 14.3. The van der Waals surface area contributed by atoms with Crippen molar-refractivity contribution in [2.45, 2.75) is 39.4 Å². The van der Waals surface area contributed by atoms with Crippen LogP contribution < -0.4 is 10.1 Å². The summed E-state index contributed by atoms with van der Waals surface area (Å²) < 4.78 is 25.6. The average molecular weight is 401 g/mol. The Bertz CT molecular complexity index is 948. The molecule has 3 N–H and O–H groups in total. The molecule has 29 heavy (non-hydrogen) atoms. The van der Waals surface area contributed by atoms with Crippen LogP contribution in [0.5, 0.6) is 5.75 Å². The summed E-state index contributed by atoms with van der Waals surface area (Å²) >= 11 is 0. The lowest BCUT2D eigenvalue weighted by Crippen LogP contribution is -2.50. The van der Waals surface area contributed by atoms with Gasteiger partial charge in [0.2, 0.25) is 0 Å². The van der Waals surface area contributed by atoms with Crippen LogP contribution >= 0.6 is 0 Å². The third-order valence-electron chi connectivity index (χ3n) is 4.54. The summed E-state index contributed by atoms with van der Waals surface area (Å²) in [4.78, 5) is 1.95. The molecule has 1 aliphatic rings. The summed E-state index contributed by atoms with van der Waals surface area (Å²) in [5.41, 5.74) is 1.38. The van der Waals surface area contributed by atoms with Crippen LogP contribution in [0.15, 0.2) is 31.0 Å². The van der Waals surface area contributed by atoms with Gasteiger partial charge in [0.1, 0.15) is 11.5 Å². The van der Waals surface area contributed by atoms with Crippen molar-refractivity contribution in [3.8, 4) is 5.75 Å². The first-order valence-corrected chi connectivity index (χ1v) is 9.61. The molecule has 3 rings (SSSR count). The second-order valence-corrected chi connectivity index (χ2v) is 7.89. The Hall–Kier alpha value is -2.87. The molecule has 0 saturated carbocycles. The Morgan fingerprint density at radius 2 is 2.24 bits per heavy atom. The minimum absolute atomic E-state index is 0.156. The number of aromatic amines is 1. The van der Waals surface area contributed by atoms with E-state index in [2.05, 4.69) is 22.1 Å². The first kappa shape index (κ1) is 20.9. The van der Waals surface area contributed by atoms with E-state index in [-0.39, 0.29) is 17.5 Å². The number of hydrogen-bond donors (Lipinski definition) is 3. The van der Waals surface area contributed by atoms with Crippen molar-refractivity contribution in [1.82, 2.24) is 20.4 Å². The topological polar surface area (TPSA) is 86.3 Å². The van der Waals surface area contributed by atoms with E-state index in [1.165, 1.54) is 12.3 Å². The molecule has 156 valence electrons. The number of H-pyrrole nitrogens is 1. The number of fused-ring (bicyclic) bond motifs is 1. The molecule has 0 unspecified atom stereocenters. The zero-order valence-corrected chi connectivity index (χ0v) is 17.3. The standard InChI is InChI=1S/C21H28FN5O2/c1-6-24-17(11-19(23)27-7-8-28-21(4,5)12-27)20-14-9-18(29-13(2)3)15(22)10-16(14)25-26-20/h6,9-11,13,23-24H,1,7-8,12H2,2-5H3,(H,25,26). The van der Waals surface area contributed by atoms with Gasteiger partial charge < -0.3 is 19.7 Å². The zero-order chi connectivity index (χ0) is 21.2. The normalized spacial score (nSPS) is 16.9. The summed E-state index contributed by atoms with van der Waals surface area (Å²) in [5.74, 6) is 0.0487. The molecule has 1 aromatic carbocycles. The van der Waals surface area contributed by atoms with E-state index in [9.17, 15) is 4.39 Å². The van der Waals surface area contributed by atoms with Gasteiger partial charge in [-0.15, -0.1) is 0 Å². The maximum Gasteiger partial charge on any atom is 0.167 e. The van der Waals surface area contributed by atoms with Crippen LogP contribution in [0.4, 0.5) is 4.39 Å². The number of rotatable bonds is 6. The van der Waals surface area contributed by atoms with Gasteiger partial charge in [-0.2, -0.15) is 5.10 Å². The van der Waals surface area contributed by atoms with E-state index < -0.39 is 5.82 Å². The average Bonchev–Trinajstić information content (AvgIpc) is 3.02. The number of hydrogen-bond acceptors (Lipinski definition) is 5. The lowest BCUT2D eigenvalue weighted by atomic mass is 10.1. The largest absolute Gasteiger partial charge is 0.488 e. The van der Waals surface area contributed by atoms with Crippen molar-refractivity contribution >= 4 is 22.4 Å². The molecule has 2 aromatic rings. The SMILES string of the molecule is C=CNC(=CC(=N)N1CCOC(C)(C)C1)c1n[nH]c2cc(F)c(OC(C)C)cc12. The van der Waals surface area contributed by atoms with Crippen molar-refractivity contribution < 1.29 is 13.9 Å². The molecule has 0 bridgehead atoms. The molecule has 0 amide bonds.